The van der Waals surface area contributed by atoms with E-state index in [0.29, 0.717) is 5.02 Å². The molecule has 0 amide bonds. The summed E-state index contributed by atoms with van der Waals surface area (Å²) in [5, 5.41) is 11.1. The molecule has 2 aromatic carbocycles. The minimum atomic E-state index is -0.557. The average molecular weight is 277 g/mol. The molecule has 0 aliphatic heterocycles. The van der Waals surface area contributed by atoms with Crippen LogP contribution < -0.4 is 5.73 Å². The number of nitrogens with two attached hydrogens (primary N) is 1. The van der Waals surface area contributed by atoms with Gasteiger partial charge in [0, 0.05) is 34.0 Å². The predicted octanol–water partition coefficient (Wildman–Crippen LogP) is 3.06. The van der Waals surface area contributed by atoms with Gasteiger partial charge in [0.15, 0.2) is 5.78 Å². The minimum Gasteiger partial charge on any atom is -0.398 e. The van der Waals surface area contributed by atoms with Crippen LogP contribution in [0.4, 0.5) is 11.4 Å². The van der Waals surface area contributed by atoms with Crippen LogP contribution in [0.25, 0.3) is 0 Å². The molecule has 0 atom stereocenters. The molecule has 0 unspecified atom stereocenters. The average Bonchev–Trinajstić information content (AvgIpc) is 2.41. The Bertz CT molecular complexity index is 671. The van der Waals surface area contributed by atoms with Crippen molar-refractivity contribution in [1.29, 1.82) is 0 Å². The fourth-order valence-corrected chi connectivity index (χ4v) is 1.81. The number of rotatable bonds is 3. The molecule has 0 radical (unpaired) electrons. The zero-order chi connectivity index (χ0) is 14.0. The number of carbonyl (C=O) groups excluding carboxylic acids is 1. The fraction of sp³-hybridized carbons (Fsp3) is 0. The number of nitro benzene ring substituents is 1. The number of halogens is 1. The van der Waals surface area contributed by atoms with Crippen LogP contribution in [0, 0.1) is 10.1 Å². The summed E-state index contributed by atoms with van der Waals surface area (Å²) >= 11 is 5.81. The second kappa shape index (κ2) is 5.07. The first-order valence-electron chi connectivity index (χ1n) is 5.33. The summed E-state index contributed by atoms with van der Waals surface area (Å²) < 4.78 is 0. The fourth-order valence-electron chi connectivity index (χ4n) is 1.64. The summed E-state index contributed by atoms with van der Waals surface area (Å²) in [5.41, 5.74) is 6.27. The van der Waals surface area contributed by atoms with Gasteiger partial charge >= 0.3 is 0 Å². The van der Waals surface area contributed by atoms with E-state index in [1.165, 1.54) is 36.4 Å². The maximum atomic E-state index is 12.2. The lowest BCUT2D eigenvalue weighted by Gasteiger charge is -2.05. The van der Waals surface area contributed by atoms with Gasteiger partial charge < -0.3 is 5.73 Å². The molecule has 0 bridgehead atoms. The monoisotopic (exact) mass is 276 g/mol. The van der Waals surface area contributed by atoms with E-state index in [4.69, 9.17) is 17.3 Å². The summed E-state index contributed by atoms with van der Waals surface area (Å²) in [5.74, 6) is -0.399. The van der Waals surface area contributed by atoms with Crippen molar-refractivity contribution in [1.82, 2.24) is 0 Å². The molecule has 0 saturated heterocycles. The maximum Gasteiger partial charge on any atom is 0.270 e. The van der Waals surface area contributed by atoms with Gasteiger partial charge in [-0.05, 0) is 18.2 Å². The molecule has 0 aromatic heterocycles. The largest absolute Gasteiger partial charge is 0.398 e. The zero-order valence-electron chi connectivity index (χ0n) is 9.67. The summed E-state index contributed by atoms with van der Waals surface area (Å²) in [4.78, 5) is 22.4. The van der Waals surface area contributed by atoms with E-state index in [9.17, 15) is 14.9 Å². The molecule has 2 rings (SSSR count). The SMILES string of the molecule is Nc1ccc(Cl)cc1C(=O)c1cccc([N+](=O)[O-])c1. The van der Waals surface area contributed by atoms with Crippen LogP contribution in [0.2, 0.25) is 5.02 Å². The highest BCUT2D eigenvalue weighted by Gasteiger charge is 2.15. The number of carbonyl (C=O) groups is 1. The molecule has 96 valence electrons. The van der Waals surface area contributed by atoms with Crippen molar-refractivity contribution in [3.8, 4) is 0 Å². The highest BCUT2D eigenvalue weighted by Crippen LogP contribution is 2.22. The predicted molar refractivity (Wildman–Crippen MR) is 72.4 cm³/mol. The third-order valence-electron chi connectivity index (χ3n) is 2.58. The first-order valence-corrected chi connectivity index (χ1v) is 5.71. The molecule has 0 aliphatic rings. The van der Waals surface area contributed by atoms with Crippen molar-refractivity contribution in [2.45, 2.75) is 0 Å². The van der Waals surface area contributed by atoms with Crippen LogP contribution in [0.15, 0.2) is 42.5 Å². The van der Waals surface area contributed by atoms with E-state index in [0.717, 1.165) is 0 Å². The number of nitro groups is 1. The van der Waals surface area contributed by atoms with Crippen molar-refractivity contribution in [3.63, 3.8) is 0 Å². The Morgan fingerprint density at radius 3 is 2.63 bits per heavy atom. The second-order valence-electron chi connectivity index (χ2n) is 3.87. The maximum absolute atomic E-state index is 12.2. The quantitative estimate of drug-likeness (QED) is 0.404. The number of non-ortho nitro benzene ring substituents is 1. The van der Waals surface area contributed by atoms with Crippen LogP contribution in [-0.2, 0) is 0 Å². The summed E-state index contributed by atoms with van der Waals surface area (Å²) in [6, 6.07) is 10.0. The number of nitrogens with zero attached hydrogens (tertiary/aromatic N) is 1. The molecule has 0 heterocycles. The van der Waals surface area contributed by atoms with Gasteiger partial charge in [-0.15, -0.1) is 0 Å². The third kappa shape index (κ3) is 2.71. The van der Waals surface area contributed by atoms with Crippen LogP contribution in [0.1, 0.15) is 15.9 Å². The highest BCUT2D eigenvalue weighted by atomic mass is 35.5. The van der Waals surface area contributed by atoms with Crippen molar-refractivity contribution >= 4 is 28.8 Å². The Kier molecular flexibility index (Phi) is 3.48. The molecule has 0 spiro atoms. The Labute approximate surface area is 113 Å². The van der Waals surface area contributed by atoms with E-state index >= 15 is 0 Å². The molecule has 0 fully saturated rings. The summed E-state index contributed by atoms with van der Waals surface area (Å²) in [7, 11) is 0. The smallest absolute Gasteiger partial charge is 0.270 e. The zero-order valence-corrected chi connectivity index (χ0v) is 10.4. The number of nitrogen functional groups attached to an aromatic ring is 1. The molecule has 2 N–H and O–H groups in total. The Hall–Kier alpha value is -2.40. The van der Waals surface area contributed by atoms with E-state index in [1.54, 1.807) is 6.07 Å². The molecule has 5 nitrogen and oxygen atoms in total. The van der Waals surface area contributed by atoms with Gasteiger partial charge in [0.25, 0.3) is 5.69 Å². The third-order valence-corrected chi connectivity index (χ3v) is 2.81. The normalized spacial score (nSPS) is 10.2. The molecular formula is C13H9ClN2O3. The van der Waals surface area contributed by atoms with Crippen molar-refractivity contribution < 1.29 is 9.72 Å². The minimum absolute atomic E-state index is 0.147. The molecule has 19 heavy (non-hydrogen) atoms. The van der Waals surface area contributed by atoms with Gasteiger partial charge in [-0.1, -0.05) is 23.7 Å². The van der Waals surface area contributed by atoms with Gasteiger partial charge in [-0.25, -0.2) is 0 Å². The number of benzene rings is 2. The molecule has 6 heteroatoms. The van der Waals surface area contributed by atoms with E-state index in [1.807, 2.05) is 0 Å². The van der Waals surface area contributed by atoms with E-state index < -0.39 is 10.7 Å². The lowest BCUT2D eigenvalue weighted by molar-refractivity contribution is -0.384. The second-order valence-corrected chi connectivity index (χ2v) is 4.30. The van der Waals surface area contributed by atoms with Gasteiger partial charge in [0.1, 0.15) is 0 Å². The Morgan fingerprint density at radius 1 is 1.21 bits per heavy atom. The number of ketones is 1. The van der Waals surface area contributed by atoms with Crippen LogP contribution in [-0.4, -0.2) is 10.7 Å². The van der Waals surface area contributed by atoms with Crippen molar-refractivity contribution in [2.24, 2.45) is 0 Å². The molecule has 2 aromatic rings. The Morgan fingerprint density at radius 2 is 1.95 bits per heavy atom. The Balaban J connectivity index is 2.47. The van der Waals surface area contributed by atoms with E-state index in [-0.39, 0.29) is 22.5 Å². The van der Waals surface area contributed by atoms with Crippen LogP contribution in [0.3, 0.4) is 0 Å². The highest BCUT2D eigenvalue weighted by molar-refractivity contribution is 6.31. The first-order chi connectivity index (χ1) is 8.99. The van der Waals surface area contributed by atoms with Gasteiger partial charge in [0.05, 0.1) is 4.92 Å². The summed E-state index contributed by atoms with van der Waals surface area (Å²) in [6.45, 7) is 0. The van der Waals surface area contributed by atoms with Gasteiger partial charge in [-0.3, -0.25) is 14.9 Å². The van der Waals surface area contributed by atoms with Crippen LogP contribution in [0.5, 0.6) is 0 Å². The lowest BCUT2D eigenvalue weighted by Crippen LogP contribution is -2.05. The van der Waals surface area contributed by atoms with E-state index in [2.05, 4.69) is 0 Å². The molecule has 0 aliphatic carbocycles. The first kappa shape index (κ1) is 13.0. The standard InChI is InChI=1S/C13H9ClN2O3/c14-9-4-5-12(15)11(7-9)13(17)8-2-1-3-10(6-8)16(18)19/h1-7H,15H2. The molecule has 0 saturated carbocycles. The summed E-state index contributed by atoms with van der Waals surface area (Å²) in [6.07, 6.45) is 0. The topological polar surface area (TPSA) is 86.2 Å². The lowest BCUT2D eigenvalue weighted by atomic mass is 10.0. The van der Waals surface area contributed by atoms with Gasteiger partial charge in [-0.2, -0.15) is 0 Å². The van der Waals surface area contributed by atoms with Gasteiger partial charge in [0.2, 0.25) is 0 Å². The molecular weight excluding hydrogens is 268 g/mol. The number of hydrogen-bond donors (Lipinski definition) is 1. The number of anilines is 1. The number of hydrogen-bond acceptors (Lipinski definition) is 4. The van der Waals surface area contributed by atoms with Crippen molar-refractivity contribution in [3.05, 3.63) is 68.7 Å². The van der Waals surface area contributed by atoms with Crippen molar-refractivity contribution in [2.75, 3.05) is 5.73 Å². The van der Waals surface area contributed by atoms with Crippen LogP contribution >= 0.6 is 11.6 Å².